The van der Waals surface area contributed by atoms with Crippen molar-refractivity contribution in [3.8, 4) is 0 Å². The number of nitrogens with one attached hydrogen (secondary N) is 1. The number of hydrogen-bond acceptors (Lipinski definition) is 5. The van der Waals surface area contributed by atoms with Gasteiger partial charge in [-0.1, -0.05) is 6.92 Å². The predicted octanol–water partition coefficient (Wildman–Crippen LogP) is 2.81. The molecule has 0 aliphatic carbocycles. The van der Waals surface area contributed by atoms with E-state index in [0.717, 1.165) is 32.2 Å². The Morgan fingerprint density at radius 3 is 2.95 bits per heavy atom. The molecule has 1 aliphatic heterocycles. The molecule has 114 valence electrons. The van der Waals surface area contributed by atoms with E-state index in [1.54, 1.807) is 7.11 Å². The lowest BCUT2D eigenvalue weighted by Crippen LogP contribution is -2.41. The monoisotopic (exact) mass is 297 g/mol. The van der Waals surface area contributed by atoms with E-state index in [1.165, 1.54) is 28.5 Å². The van der Waals surface area contributed by atoms with Crippen LogP contribution in [0.15, 0.2) is 0 Å². The molecule has 0 saturated carbocycles. The Balaban J connectivity index is 1.98. The van der Waals surface area contributed by atoms with Gasteiger partial charge in [0.25, 0.3) is 0 Å². The average molecular weight is 297 g/mol. The van der Waals surface area contributed by atoms with E-state index in [9.17, 15) is 0 Å². The predicted molar refractivity (Wildman–Crippen MR) is 85.6 cm³/mol. The van der Waals surface area contributed by atoms with Crippen molar-refractivity contribution in [2.24, 2.45) is 5.92 Å². The van der Waals surface area contributed by atoms with Gasteiger partial charge in [-0.2, -0.15) is 0 Å². The second-order valence-corrected chi connectivity index (χ2v) is 6.92. The first-order valence-electron chi connectivity index (χ1n) is 7.54. The molecule has 2 atom stereocenters. The highest BCUT2D eigenvalue weighted by molar-refractivity contribution is 7.15. The van der Waals surface area contributed by atoms with E-state index in [2.05, 4.69) is 31.0 Å². The minimum atomic E-state index is 0.617. The van der Waals surface area contributed by atoms with Crippen molar-refractivity contribution >= 4 is 16.5 Å². The summed E-state index contributed by atoms with van der Waals surface area (Å²) in [6.45, 7) is 10.5. The summed E-state index contributed by atoms with van der Waals surface area (Å²) in [5.74, 6) is 0.777. The molecular weight excluding hydrogens is 270 g/mol. The van der Waals surface area contributed by atoms with Crippen LogP contribution in [0.5, 0.6) is 0 Å². The van der Waals surface area contributed by atoms with Crippen LogP contribution >= 0.6 is 11.3 Å². The molecule has 0 aromatic carbocycles. The van der Waals surface area contributed by atoms with E-state index in [4.69, 9.17) is 9.72 Å². The number of thiazole rings is 1. The van der Waals surface area contributed by atoms with Crippen LogP contribution in [0, 0.1) is 12.8 Å². The maximum Gasteiger partial charge on any atom is 0.186 e. The van der Waals surface area contributed by atoms with Crippen molar-refractivity contribution in [3.05, 3.63) is 10.6 Å². The van der Waals surface area contributed by atoms with Crippen molar-refractivity contribution in [2.75, 3.05) is 31.7 Å². The fraction of sp³-hybridized carbons (Fsp3) is 0.800. The smallest absolute Gasteiger partial charge is 0.186 e. The van der Waals surface area contributed by atoms with Crippen LogP contribution in [0.25, 0.3) is 0 Å². The molecule has 1 aromatic heterocycles. The topological polar surface area (TPSA) is 37.4 Å². The Morgan fingerprint density at radius 1 is 1.40 bits per heavy atom. The van der Waals surface area contributed by atoms with Crippen LogP contribution in [-0.2, 0) is 11.3 Å². The molecule has 5 heteroatoms. The van der Waals surface area contributed by atoms with Gasteiger partial charge in [0.2, 0.25) is 0 Å². The second kappa shape index (κ2) is 7.38. The molecular formula is C15H27N3OS. The Kier molecular flexibility index (Phi) is 5.81. The van der Waals surface area contributed by atoms with Crippen LogP contribution in [0.4, 0.5) is 5.13 Å². The molecule has 0 bridgehead atoms. The maximum atomic E-state index is 5.05. The first-order valence-corrected chi connectivity index (χ1v) is 8.36. The Hall–Kier alpha value is -0.650. The molecule has 0 radical (unpaired) electrons. The number of piperidine rings is 1. The highest BCUT2D eigenvalue weighted by Crippen LogP contribution is 2.32. The Bertz CT molecular complexity index is 421. The molecule has 1 saturated heterocycles. The molecule has 1 fully saturated rings. The highest BCUT2D eigenvalue weighted by atomic mass is 32.1. The average Bonchev–Trinajstić information content (AvgIpc) is 2.79. The summed E-state index contributed by atoms with van der Waals surface area (Å²) in [5, 5.41) is 4.61. The Morgan fingerprint density at radius 2 is 2.20 bits per heavy atom. The first-order chi connectivity index (χ1) is 9.61. The fourth-order valence-electron chi connectivity index (χ4n) is 2.63. The minimum absolute atomic E-state index is 0.617. The van der Waals surface area contributed by atoms with Crippen molar-refractivity contribution in [1.82, 2.24) is 10.3 Å². The number of nitrogens with zero attached hydrogens (tertiary/aromatic N) is 2. The zero-order valence-corrected chi connectivity index (χ0v) is 13.9. The largest absolute Gasteiger partial charge is 0.383 e. The van der Waals surface area contributed by atoms with Crippen LogP contribution in [0.3, 0.4) is 0 Å². The summed E-state index contributed by atoms with van der Waals surface area (Å²) >= 11 is 1.84. The molecule has 0 spiro atoms. The van der Waals surface area contributed by atoms with Crippen molar-refractivity contribution in [3.63, 3.8) is 0 Å². The van der Waals surface area contributed by atoms with Gasteiger partial charge in [0.05, 0.1) is 12.3 Å². The third-order valence-electron chi connectivity index (χ3n) is 4.01. The van der Waals surface area contributed by atoms with Gasteiger partial charge < -0.3 is 15.0 Å². The summed E-state index contributed by atoms with van der Waals surface area (Å²) < 4.78 is 5.05. The molecule has 4 nitrogen and oxygen atoms in total. The molecule has 2 unspecified atom stereocenters. The maximum absolute atomic E-state index is 5.05. The summed E-state index contributed by atoms with van der Waals surface area (Å²) in [6, 6.07) is 0.617. The molecule has 1 N–H and O–H groups in total. The quantitative estimate of drug-likeness (QED) is 0.819. The standard InChI is InChI=1S/C15H27N3OS/c1-11-5-6-12(2)18(10-11)15-17-13(3)14(20-15)9-16-7-8-19-4/h11-12,16H,5-10H2,1-4H3. The Labute approximate surface area is 126 Å². The summed E-state index contributed by atoms with van der Waals surface area (Å²) in [6.07, 6.45) is 2.62. The van der Waals surface area contributed by atoms with Gasteiger partial charge in [0, 0.05) is 37.7 Å². The van der Waals surface area contributed by atoms with E-state index in [0.29, 0.717) is 6.04 Å². The molecule has 1 aliphatic rings. The third-order valence-corrected chi connectivity index (χ3v) is 5.21. The molecule has 20 heavy (non-hydrogen) atoms. The zero-order valence-electron chi connectivity index (χ0n) is 13.1. The lowest BCUT2D eigenvalue weighted by Gasteiger charge is -2.36. The number of anilines is 1. The van der Waals surface area contributed by atoms with Crippen LogP contribution in [0.2, 0.25) is 0 Å². The highest BCUT2D eigenvalue weighted by Gasteiger charge is 2.25. The second-order valence-electron chi connectivity index (χ2n) is 5.86. The lowest BCUT2D eigenvalue weighted by atomic mass is 9.96. The number of methoxy groups -OCH3 is 1. The molecule has 2 rings (SSSR count). The first kappa shape index (κ1) is 15.7. The van der Waals surface area contributed by atoms with Crippen molar-refractivity contribution in [1.29, 1.82) is 0 Å². The third kappa shape index (κ3) is 3.93. The molecule has 1 aromatic rings. The van der Waals surface area contributed by atoms with Gasteiger partial charge in [-0.05, 0) is 32.6 Å². The summed E-state index contributed by atoms with van der Waals surface area (Å²) in [7, 11) is 1.73. The summed E-state index contributed by atoms with van der Waals surface area (Å²) in [5.41, 5.74) is 1.17. The van der Waals surface area contributed by atoms with Gasteiger partial charge >= 0.3 is 0 Å². The van der Waals surface area contributed by atoms with Crippen molar-refractivity contribution < 1.29 is 4.74 Å². The van der Waals surface area contributed by atoms with Gasteiger partial charge in [-0.25, -0.2) is 4.98 Å². The van der Waals surface area contributed by atoms with E-state index < -0.39 is 0 Å². The van der Waals surface area contributed by atoms with Gasteiger partial charge in [-0.3, -0.25) is 0 Å². The van der Waals surface area contributed by atoms with E-state index in [-0.39, 0.29) is 0 Å². The van der Waals surface area contributed by atoms with Gasteiger partial charge in [-0.15, -0.1) is 11.3 Å². The fourth-order valence-corrected chi connectivity index (χ4v) is 3.77. The summed E-state index contributed by atoms with van der Waals surface area (Å²) in [4.78, 5) is 8.63. The lowest BCUT2D eigenvalue weighted by molar-refractivity contribution is 0.199. The van der Waals surface area contributed by atoms with Gasteiger partial charge in [0.1, 0.15) is 0 Å². The number of aryl methyl sites for hydroxylation is 1. The molecule has 0 amide bonds. The zero-order chi connectivity index (χ0) is 14.5. The number of ether oxygens (including phenoxy) is 1. The normalized spacial score (nSPS) is 23.3. The van der Waals surface area contributed by atoms with Crippen LogP contribution < -0.4 is 10.2 Å². The van der Waals surface area contributed by atoms with Crippen molar-refractivity contribution in [2.45, 2.75) is 46.2 Å². The number of rotatable bonds is 6. The van der Waals surface area contributed by atoms with Crippen LogP contribution in [0.1, 0.15) is 37.3 Å². The van der Waals surface area contributed by atoms with Crippen LogP contribution in [-0.4, -0.2) is 37.8 Å². The minimum Gasteiger partial charge on any atom is -0.383 e. The number of hydrogen-bond donors (Lipinski definition) is 1. The molecule has 2 heterocycles. The number of aromatic nitrogens is 1. The SMILES string of the molecule is COCCNCc1sc(N2CC(C)CCC2C)nc1C. The van der Waals surface area contributed by atoms with Gasteiger partial charge in [0.15, 0.2) is 5.13 Å². The van der Waals surface area contributed by atoms with E-state index >= 15 is 0 Å². The van der Waals surface area contributed by atoms with E-state index in [1.807, 2.05) is 11.3 Å².